The third-order valence-corrected chi connectivity index (χ3v) is 6.40. The first kappa shape index (κ1) is 14.3. The van der Waals surface area contributed by atoms with Gasteiger partial charge in [0.15, 0.2) is 5.96 Å². The van der Waals surface area contributed by atoms with Crippen LogP contribution < -0.4 is 11.5 Å². The molecule has 1 aliphatic heterocycles. The number of nitrogens with two attached hydrogens (primary N) is 2. The van der Waals surface area contributed by atoms with Crippen molar-refractivity contribution in [3.63, 3.8) is 0 Å². The van der Waals surface area contributed by atoms with Crippen molar-refractivity contribution in [3.8, 4) is 0 Å². The van der Waals surface area contributed by atoms with Gasteiger partial charge in [0.25, 0.3) is 10.0 Å². The van der Waals surface area contributed by atoms with Crippen molar-refractivity contribution in [2.45, 2.75) is 30.0 Å². The highest BCUT2D eigenvalue weighted by molar-refractivity contribution is 7.91. The van der Waals surface area contributed by atoms with E-state index in [4.69, 9.17) is 11.5 Å². The van der Waals surface area contributed by atoms with Gasteiger partial charge >= 0.3 is 0 Å². The molecule has 6 nitrogen and oxygen atoms in total. The van der Waals surface area contributed by atoms with Crippen LogP contribution in [0.2, 0.25) is 0 Å². The first-order chi connectivity index (χ1) is 9.00. The maximum absolute atomic E-state index is 12.4. The zero-order chi connectivity index (χ0) is 13.9. The van der Waals surface area contributed by atoms with Crippen LogP contribution in [0.5, 0.6) is 0 Å². The maximum atomic E-state index is 12.4. The summed E-state index contributed by atoms with van der Waals surface area (Å²) in [6.07, 6.45) is 2.98. The number of hydrogen-bond donors (Lipinski definition) is 2. The molecule has 2 heterocycles. The summed E-state index contributed by atoms with van der Waals surface area (Å²) >= 11 is 1.23. The number of thiophene rings is 1. The van der Waals surface area contributed by atoms with Gasteiger partial charge in [-0.05, 0) is 25.0 Å². The highest BCUT2D eigenvalue weighted by Crippen LogP contribution is 2.27. The van der Waals surface area contributed by atoms with Crippen molar-refractivity contribution in [2.75, 3.05) is 13.1 Å². The predicted molar refractivity (Wildman–Crippen MR) is 76.4 cm³/mol. The molecule has 0 atom stereocenters. The van der Waals surface area contributed by atoms with Crippen molar-refractivity contribution in [1.82, 2.24) is 4.31 Å². The van der Waals surface area contributed by atoms with E-state index in [9.17, 15) is 8.42 Å². The lowest BCUT2D eigenvalue weighted by Gasteiger charge is -2.25. The Hall–Kier alpha value is -1.12. The maximum Gasteiger partial charge on any atom is 0.252 e. The fourth-order valence-corrected chi connectivity index (χ4v) is 4.94. The number of guanidine groups is 1. The molecule has 1 fully saturated rings. The van der Waals surface area contributed by atoms with Gasteiger partial charge in [0, 0.05) is 18.0 Å². The smallest absolute Gasteiger partial charge is 0.252 e. The Bertz CT molecular complexity index is 555. The zero-order valence-corrected chi connectivity index (χ0v) is 12.2. The molecule has 0 aromatic carbocycles. The molecule has 2 rings (SSSR count). The molecule has 106 valence electrons. The van der Waals surface area contributed by atoms with Gasteiger partial charge in [0.1, 0.15) is 4.21 Å². The highest BCUT2D eigenvalue weighted by atomic mass is 32.2. The van der Waals surface area contributed by atoms with Crippen LogP contribution in [0.15, 0.2) is 21.3 Å². The normalized spacial score (nSPS) is 17.3. The summed E-state index contributed by atoms with van der Waals surface area (Å²) in [7, 11) is -3.34. The Morgan fingerprint density at radius 3 is 2.58 bits per heavy atom. The van der Waals surface area contributed by atoms with Crippen molar-refractivity contribution < 1.29 is 8.42 Å². The summed E-state index contributed by atoms with van der Waals surface area (Å²) in [5.41, 5.74) is 10.5. The Morgan fingerprint density at radius 2 is 1.95 bits per heavy atom. The summed E-state index contributed by atoms with van der Waals surface area (Å²) in [4.78, 5) is 4.71. The van der Waals surface area contributed by atoms with E-state index in [1.54, 1.807) is 16.4 Å². The molecule has 0 unspecified atom stereocenters. The minimum Gasteiger partial charge on any atom is -0.370 e. The second kappa shape index (κ2) is 5.89. The first-order valence-corrected chi connectivity index (χ1v) is 8.40. The molecular weight excluding hydrogens is 284 g/mol. The van der Waals surface area contributed by atoms with E-state index in [-0.39, 0.29) is 5.96 Å². The molecule has 1 aromatic rings. The summed E-state index contributed by atoms with van der Waals surface area (Å²) in [6.45, 7) is 1.55. The standard InChI is InChI=1S/C11H18N4O2S2/c12-11(13)14-8-9-4-5-10(18-9)19(16,17)15-6-2-1-3-7-15/h4-5H,1-3,6-8H2,(H4,12,13,14). The average Bonchev–Trinajstić information content (AvgIpc) is 2.87. The van der Waals surface area contributed by atoms with Gasteiger partial charge in [0.2, 0.25) is 0 Å². The first-order valence-electron chi connectivity index (χ1n) is 6.14. The Labute approximate surface area is 117 Å². The van der Waals surface area contributed by atoms with E-state index < -0.39 is 10.0 Å². The number of nitrogens with zero attached hydrogens (tertiary/aromatic N) is 2. The van der Waals surface area contributed by atoms with E-state index in [1.807, 2.05) is 0 Å². The van der Waals surface area contributed by atoms with Crippen molar-refractivity contribution in [1.29, 1.82) is 0 Å². The lowest BCUT2D eigenvalue weighted by Crippen LogP contribution is -2.35. The van der Waals surface area contributed by atoms with E-state index >= 15 is 0 Å². The number of rotatable bonds is 4. The van der Waals surface area contributed by atoms with Crippen LogP contribution in [-0.4, -0.2) is 31.8 Å². The molecule has 4 N–H and O–H groups in total. The molecular formula is C11H18N4O2S2. The minimum absolute atomic E-state index is 0.00818. The summed E-state index contributed by atoms with van der Waals surface area (Å²) < 4.78 is 26.7. The molecule has 0 spiro atoms. The number of piperidine rings is 1. The average molecular weight is 302 g/mol. The van der Waals surface area contributed by atoms with E-state index in [1.165, 1.54) is 11.3 Å². The topological polar surface area (TPSA) is 102 Å². The fraction of sp³-hybridized carbons (Fsp3) is 0.545. The molecule has 0 amide bonds. The largest absolute Gasteiger partial charge is 0.370 e. The van der Waals surface area contributed by atoms with Gasteiger partial charge in [-0.25, -0.2) is 13.4 Å². The molecule has 0 bridgehead atoms. The summed E-state index contributed by atoms with van der Waals surface area (Å²) in [5.74, 6) is 0.00818. The predicted octanol–water partition coefficient (Wildman–Crippen LogP) is 0.696. The summed E-state index contributed by atoms with van der Waals surface area (Å²) in [5, 5.41) is 0. The lowest BCUT2D eigenvalue weighted by molar-refractivity contribution is 0.347. The Balaban J connectivity index is 2.14. The SMILES string of the molecule is NC(N)=NCc1ccc(S(=O)(=O)N2CCCCC2)s1. The highest BCUT2D eigenvalue weighted by Gasteiger charge is 2.27. The zero-order valence-electron chi connectivity index (χ0n) is 10.6. The molecule has 1 aromatic heterocycles. The molecule has 1 saturated heterocycles. The van der Waals surface area contributed by atoms with Gasteiger partial charge < -0.3 is 11.5 Å². The van der Waals surface area contributed by atoms with Gasteiger partial charge in [-0.15, -0.1) is 11.3 Å². The van der Waals surface area contributed by atoms with Crippen LogP contribution in [0, 0.1) is 0 Å². The van der Waals surface area contributed by atoms with Crippen molar-refractivity contribution in [2.24, 2.45) is 16.5 Å². The molecule has 0 radical (unpaired) electrons. The second-order valence-corrected chi connectivity index (χ2v) is 7.76. The molecule has 0 saturated carbocycles. The van der Waals surface area contributed by atoms with Crippen LogP contribution in [0.1, 0.15) is 24.1 Å². The van der Waals surface area contributed by atoms with E-state index in [2.05, 4.69) is 4.99 Å². The van der Waals surface area contributed by atoms with Crippen molar-refractivity contribution in [3.05, 3.63) is 17.0 Å². The third-order valence-electron chi connectivity index (χ3n) is 2.96. The summed E-state index contributed by atoms with van der Waals surface area (Å²) in [6, 6.07) is 3.39. The Kier molecular flexibility index (Phi) is 4.43. The van der Waals surface area contributed by atoms with Crippen LogP contribution in [0.25, 0.3) is 0 Å². The van der Waals surface area contributed by atoms with Crippen molar-refractivity contribution >= 4 is 27.3 Å². The minimum atomic E-state index is -3.34. The monoisotopic (exact) mass is 302 g/mol. The number of hydrogen-bond acceptors (Lipinski definition) is 4. The Morgan fingerprint density at radius 1 is 1.26 bits per heavy atom. The third kappa shape index (κ3) is 3.46. The quantitative estimate of drug-likeness (QED) is 0.631. The molecule has 1 aliphatic rings. The fourth-order valence-electron chi connectivity index (χ4n) is 1.98. The van der Waals surface area contributed by atoms with Gasteiger partial charge in [0.05, 0.1) is 6.54 Å². The van der Waals surface area contributed by atoms with Crippen LogP contribution in [0.4, 0.5) is 0 Å². The molecule has 8 heteroatoms. The van der Waals surface area contributed by atoms with Gasteiger partial charge in [-0.2, -0.15) is 4.31 Å². The van der Waals surface area contributed by atoms with E-state index in [0.717, 1.165) is 24.1 Å². The lowest BCUT2D eigenvalue weighted by atomic mass is 10.2. The van der Waals surface area contributed by atoms with Crippen LogP contribution >= 0.6 is 11.3 Å². The number of sulfonamides is 1. The van der Waals surface area contributed by atoms with E-state index in [0.29, 0.717) is 23.8 Å². The molecule has 19 heavy (non-hydrogen) atoms. The second-order valence-electron chi connectivity index (χ2n) is 4.43. The number of aliphatic imine (C=N–C) groups is 1. The molecule has 0 aliphatic carbocycles. The van der Waals surface area contributed by atoms with Gasteiger partial charge in [-0.1, -0.05) is 6.42 Å². The van der Waals surface area contributed by atoms with Crippen LogP contribution in [0.3, 0.4) is 0 Å². The van der Waals surface area contributed by atoms with Gasteiger partial charge in [-0.3, -0.25) is 0 Å². The van der Waals surface area contributed by atoms with Crippen LogP contribution in [-0.2, 0) is 16.6 Å².